The molecule has 0 radical (unpaired) electrons. The molecule has 17 heavy (non-hydrogen) atoms. The van der Waals surface area contributed by atoms with E-state index in [1.807, 2.05) is 26.1 Å². The highest BCUT2D eigenvalue weighted by atomic mass is 79.9. The minimum Gasteiger partial charge on any atom is -0.479 e. The fraction of sp³-hybridized carbons (Fsp3) is 0.417. The van der Waals surface area contributed by atoms with Crippen molar-refractivity contribution >= 4 is 21.9 Å². The van der Waals surface area contributed by atoms with Crippen LogP contribution in [0.2, 0.25) is 0 Å². The molecule has 0 bridgehead atoms. The van der Waals surface area contributed by atoms with Crippen LogP contribution in [-0.2, 0) is 4.79 Å². The Bertz CT molecular complexity index is 409. The number of rotatable bonds is 5. The zero-order valence-electron chi connectivity index (χ0n) is 10.0. The maximum Gasteiger partial charge on any atom is 0.344 e. The Morgan fingerprint density at radius 3 is 2.65 bits per heavy atom. The summed E-state index contributed by atoms with van der Waals surface area (Å²) in [5.74, 6) is -0.399. The summed E-state index contributed by atoms with van der Waals surface area (Å²) in [6, 6.07) is 5.69. The Kier molecular flexibility index (Phi) is 4.96. The van der Waals surface area contributed by atoms with Crippen LogP contribution in [0.5, 0.6) is 5.75 Å². The molecule has 4 nitrogen and oxygen atoms in total. The van der Waals surface area contributed by atoms with Crippen LogP contribution in [0, 0.1) is 0 Å². The third kappa shape index (κ3) is 3.71. The van der Waals surface area contributed by atoms with Crippen LogP contribution in [0.15, 0.2) is 22.7 Å². The summed E-state index contributed by atoms with van der Waals surface area (Å²) >= 11 is 3.35. The topological polar surface area (TPSA) is 58.6 Å². The summed E-state index contributed by atoms with van der Waals surface area (Å²) < 4.78 is 6.30. The van der Waals surface area contributed by atoms with E-state index in [4.69, 9.17) is 9.84 Å². The Balaban J connectivity index is 3.02. The standard InChI is InChI=1S/C12H16BrNO3/c1-7(14-3)10-5-4-9(13)6-11(10)17-8(2)12(15)16/h4-8,14H,1-3H3,(H,15,16). The van der Waals surface area contributed by atoms with Crippen LogP contribution in [0.3, 0.4) is 0 Å². The number of hydrogen-bond acceptors (Lipinski definition) is 3. The van der Waals surface area contributed by atoms with Crippen LogP contribution in [0.25, 0.3) is 0 Å². The average molecular weight is 302 g/mol. The van der Waals surface area contributed by atoms with Gasteiger partial charge in [-0.15, -0.1) is 0 Å². The summed E-state index contributed by atoms with van der Waals surface area (Å²) in [7, 11) is 1.84. The van der Waals surface area contributed by atoms with E-state index in [0.29, 0.717) is 5.75 Å². The van der Waals surface area contributed by atoms with Crippen LogP contribution in [-0.4, -0.2) is 24.2 Å². The number of carbonyl (C=O) groups is 1. The van der Waals surface area contributed by atoms with Gasteiger partial charge in [0.1, 0.15) is 5.75 Å². The molecule has 0 spiro atoms. The van der Waals surface area contributed by atoms with Gasteiger partial charge in [-0.1, -0.05) is 22.0 Å². The molecular weight excluding hydrogens is 286 g/mol. The summed E-state index contributed by atoms with van der Waals surface area (Å²) in [6.45, 7) is 3.50. The Morgan fingerprint density at radius 2 is 2.12 bits per heavy atom. The van der Waals surface area contributed by atoms with E-state index in [9.17, 15) is 4.79 Å². The van der Waals surface area contributed by atoms with Crippen LogP contribution in [0.4, 0.5) is 0 Å². The highest BCUT2D eigenvalue weighted by Gasteiger charge is 2.17. The first-order valence-electron chi connectivity index (χ1n) is 5.32. The molecule has 0 saturated carbocycles. The molecule has 0 heterocycles. The van der Waals surface area contributed by atoms with Crippen molar-refractivity contribution in [3.63, 3.8) is 0 Å². The molecule has 0 saturated heterocycles. The van der Waals surface area contributed by atoms with Gasteiger partial charge >= 0.3 is 5.97 Å². The minimum absolute atomic E-state index is 0.0964. The van der Waals surface area contributed by atoms with Crippen molar-refractivity contribution in [1.82, 2.24) is 5.32 Å². The zero-order chi connectivity index (χ0) is 13.0. The number of hydrogen-bond donors (Lipinski definition) is 2. The van der Waals surface area contributed by atoms with Gasteiger partial charge < -0.3 is 15.2 Å². The molecular formula is C12H16BrNO3. The Morgan fingerprint density at radius 1 is 1.47 bits per heavy atom. The quantitative estimate of drug-likeness (QED) is 0.877. The van der Waals surface area contributed by atoms with Gasteiger partial charge in [-0.05, 0) is 33.0 Å². The average Bonchev–Trinajstić information content (AvgIpc) is 2.28. The van der Waals surface area contributed by atoms with Crippen molar-refractivity contribution in [1.29, 1.82) is 0 Å². The molecule has 0 fully saturated rings. The molecule has 1 rings (SSSR count). The lowest BCUT2D eigenvalue weighted by Crippen LogP contribution is -2.24. The molecule has 1 aromatic rings. The Hall–Kier alpha value is -1.07. The van der Waals surface area contributed by atoms with Gasteiger partial charge in [0.05, 0.1) is 0 Å². The third-order valence-electron chi connectivity index (χ3n) is 2.53. The number of carboxylic acids is 1. The van der Waals surface area contributed by atoms with Crippen molar-refractivity contribution in [2.24, 2.45) is 0 Å². The zero-order valence-corrected chi connectivity index (χ0v) is 11.6. The Labute approximate surface area is 109 Å². The van der Waals surface area contributed by atoms with E-state index in [1.54, 1.807) is 6.07 Å². The molecule has 94 valence electrons. The van der Waals surface area contributed by atoms with Gasteiger partial charge in [-0.25, -0.2) is 4.79 Å². The van der Waals surface area contributed by atoms with Crippen LogP contribution in [0.1, 0.15) is 25.5 Å². The van der Waals surface area contributed by atoms with E-state index in [-0.39, 0.29) is 6.04 Å². The first-order valence-corrected chi connectivity index (χ1v) is 6.11. The lowest BCUT2D eigenvalue weighted by Gasteiger charge is -2.18. The van der Waals surface area contributed by atoms with E-state index < -0.39 is 12.1 Å². The van der Waals surface area contributed by atoms with Crippen LogP contribution >= 0.6 is 15.9 Å². The first-order chi connectivity index (χ1) is 7.95. The molecule has 2 atom stereocenters. The van der Waals surface area contributed by atoms with Gasteiger partial charge in [0, 0.05) is 16.1 Å². The summed E-state index contributed by atoms with van der Waals surface area (Å²) in [4.78, 5) is 10.8. The van der Waals surface area contributed by atoms with Crippen molar-refractivity contribution in [3.05, 3.63) is 28.2 Å². The van der Waals surface area contributed by atoms with E-state index in [2.05, 4.69) is 21.2 Å². The van der Waals surface area contributed by atoms with Gasteiger partial charge in [-0.3, -0.25) is 0 Å². The smallest absolute Gasteiger partial charge is 0.344 e. The third-order valence-corrected chi connectivity index (χ3v) is 3.02. The van der Waals surface area contributed by atoms with Gasteiger partial charge in [-0.2, -0.15) is 0 Å². The second-order valence-corrected chi connectivity index (χ2v) is 4.71. The molecule has 1 aromatic carbocycles. The van der Waals surface area contributed by atoms with Crippen molar-refractivity contribution in [3.8, 4) is 5.75 Å². The number of halogens is 1. The lowest BCUT2D eigenvalue weighted by molar-refractivity contribution is -0.144. The molecule has 2 unspecified atom stereocenters. The van der Waals surface area contributed by atoms with Gasteiger partial charge in [0.15, 0.2) is 6.10 Å². The SMILES string of the molecule is CNC(C)c1ccc(Br)cc1OC(C)C(=O)O. The predicted octanol–water partition coefficient (Wildman–Crippen LogP) is 2.58. The summed E-state index contributed by atoms with van der Waals surface area (Å²) in [5.41, 5.74) is 0.934. The molecule has 2 N–H and O–H groups in total. The molecule has 0 aliphatic carbocycles. The number of benzene rings is 1. The monoisotopic (exact) mass is 301 g/mol. The van der Waals surface area contributed by atoms with E-state index in [1.165, 1.54) is 6.92 Å². The number of carboxylic acid groups (broad SMARTS) is 1. The maximum atomic E-state index is 10.8. The second-order valence-electron chi connectivity index (χ2n) is 3.79. The molecule has 0 amide bonds. The van der Waals surface area contributed by atoms with Gasteiger partial charge in [0.2, 0.25) is 0 Å². The normalized spacial score (nSPS) is 14.1. The minimum atomic E-state index is -0.979. The van der Waals surface area contributed by atoms with Gasteiger partial charge in [0.25, 0.3) is 0 Å². The summed E-state index contributed by atoms with van der Waals surface area (Å²) in [6.07, 6.45) is -0.868. The molecule has 5 heteroatoms. The molecule has 0 aliphatic rings. The number of nitrogens with one attached hydrogen (secondary N) is 1. The first kappa shape index (κ1) is 14.0. The van der Waals surface area contributed by atoms with Crippen molar-refractivity contribution < 1.29 is 14.6 Å². The largest absolute Gasteiger partial charge is 0.479 e. The highest BCUT2D eigenvalue weighted by Crippen LogP contribution is 2.29. The number of aliphatic carboxylic acids is 1. The predicted molar refractivity (Wildman–Crippen MR) is 69.3 cm³/mol. The van der Waals surface area contributed by atoms with E-state index >= 15 is 0 Å². The fourth-order valence-electron chi connectivity index (χ4n) is 1.36. The fourth-order valence-corrected chi connectivity index (χ4v) is 1.70. The lowest BCUT2D eigenvalue weighted by atomic mass is 10.1. The maximum absolute atomic E-state index is 10.8. The number of ether oxygens (including phenoxy) is 1. The van der Waals surface area contributed by atoms with Crippen molar-refractivity contribution in [2.75, 3.05) is 7.05 Å². The molecule has 0 aromatic heterocycles. The van der Waals surface area contributed by atoms with Crippen molar-refractivity contribution in [2.45, 2.75) is 26.0 Å². The summed E-state index contributed by atoms with van der Waals surface area (Å²) in [5, 5.41) is 11.9. The second kappa shape index (κ2) is 6.02. The highest BCUT2D eigenvalue weighted by molar-refractivity contribution is 9.10. The van der Waals surface area contributed by atoms with Crippen LogP contribution < -0.4 is 10.1 Å². The molecule has 0 aliphatic heterocycles. The van der Waals surface area contributed by atoms with E-state index in [0.717, 1.165) is 10.0 Å².